The van der Waals surface area contributed by atoms with E-state index >= 15 is 0 Å². The van der Waals surface area contributed by atoms with Gasteiger partial charge >= 0.3 is 5.69 Å². The number of piperidine rings is 1. The van der Waals surface area contributed by atoms with Crippen LogP contribution in [0.25, 0.3) is 11.0 Å². The molecule has 124 valence electrons. The molecular weight excluding hydrogens is 292 g/mol. The lowest BCUT2D eigenvalue weighted by atomic mass is 10.0. The average Bonchev–Trinajstić information content (AvgIpc) is 2.88. The van der Waals surface area contributed by atoms with Crippen molar-refractivity contribution in [1.29, 1.82) is 0 Å². The van der Waals surface area contributed by atoms with Gasteiger partial charge in [0.15, 0.2) is 0 Å². The quantitative estimate of drug-likeness (QED) is 0.928. The lowest BCUT2D eigenvalue weighted by Gasteiger charge is -2.32. The van der Waals surface area contributed by atoms with Crippen LogP contribution in [0.4, 0.5) is 0 Å². The normalized spacial score (nSPS) is 16.8. The van der Waals surface area contributed by atoms with Gasteiger partial charge in [0.25, 0.3) is 0 Å². The van der Waals surface area contributed by atoms with E-state index < -0.39 is 0 Å². The van der Waals surface area contributed by atoms with Gasteiger partial charge in [0.05, 0.1) is 11.0 Å². The lowest BCUT2D eigenvalue weighted by Crippen LogP contribution is -2.38. The summed E-state index contributed by atoms with van der Waals surface area (Å²) in [6.45, 7) is 2.65. The first-order valence-electron chi connectivity index (χ1n) is 8.18. The van der Waals surface area contributed by atoms with Gasteiger partial charge in [-0.25, -0.2) is 4.79 Å². The first kappa shape index (κ1) is 15.8. The minimum absolute atomic E-state index is 0.0209. The summed E-state index contributed by atoms with van der Waals surface area (Å²) in [4.78, 5) is 30.8. The Balaban J connectivity index is 1.63. The first-order valence-corrected chi connectivity index (χ1v) is 8.18. The van der Waals surface area contributed by atoms with Crippen LogP contribution in [0.2, 0.25) is 0 Å². The van der Waals surface area contributed by atoms with Crippen LogP contribution in [-0.4, -0.2) is 59.0 Å². The number of carbonyl (C=O) groups excluding carboxylic acids is 1. The third-order valence-corrected chi connectivity index (χ3v) is 4.69. The number of benzene rings is 1. The van der Waals surface area contributed by atoms with Crippen molar-refractivity contribution in [3.63, 3.8) is 0 Å². The summed E-state index contributed by atoms with van der Waals surface area (Å²) in [7, 11) is 3.58. The zero-order valence-corrected chi connectivity index (χ0v) is 13.8. The molecule has 1 aliphatic heterocycles. The van der Waals surface area contributed by atoms with Gasteiger partial charge in [-0.2, -0.15) is 0 Å². The van der Waals surface area contributed by atoms with Crippen LogP contribution in [0.3, 0.4) is 0 Å². The summed E-state index contributed by atoms with van der Waals surface area (Å²) >= 11 is 0. The predicted octanol–water partition coefficient (Wildman–Crippen LogP) is 1.44. The molecule has 0 saturated carbocycles. The summed E-state index contributed by atoms with van der Waals surface area (Å²) in [5, 5.41) is 0. The molecule has 0 bridgehead atoms. The fraction of sp³-hybridized carbons (Fsp3) is 0.529. The molecule has 0 unspecified atom stereocenters. The van der Waals surface area contributed by atoms with Crippen molar-refractivity contribution in [1.82, 2.24) is 19.4 Å². The molecule has 0 spiro atoms. The van der Waals surface area contributed by atoms with Crippen LogP contribution in [-0.2, 0) is 4.79 Å². The molecule has 6 nitrogen and oxygen atoms in total. The molecule has 1 fully saturated rings. The Labute approximate surface area is 135 Å². The number of para-hydroxylation sites is 2. The van der Waals surface area contributed by atoms with E-state index in [-0.39, 0.29) is 17.6 Å². The van der Waals surface area contributed by atoms with E-state index in [1.54, 1.807) is 19.0 Å². The molecule has 6 heteroatoms. The number of carbonyl (C=O) groups is 1. The molecule has 0 aliphatic carbocycles. The van der Waals surface area contributed by atoms with Gasteiger partial charge in [0.2, 0.25) is 5.91 Å². The Morgan fingerprint density at radius 1 is 1.26 bits per heavy atom. The summed E-state index contributed by atoms with van der Waals surface area (Å²) < 4.78 is 1.90. The summed E-state index contributed by atoms with van der Waals surface area (Å²) in [6.07, 6.45) is 2.44. The third-order valence-electron chi connectivity index (χ3n) is 4.69. The number of hydrogen-bond donors (Lipinski definition) is 1. The topological polar surface area (TPSA) is 61.3 Å². The number of likely N-dealkylation sites (tertiary alicyclic amines) is 1. The number of aromatic amines is 1. The maximum atomic E-state index is 12.3. The number of hydrogen-bond acceptors (Lipinski definition) is 3. The van der Waals surface area contributed by atoms with E-state index in [0.717, 1.165) is 43.5 Å². The molecule has 1 aliphatic rings. The minimum Gasteiger partial charge on any atom is -0.349 e. The standard InChI is InChI=1S/C17H24N4O2/c1-19(2)16(22)9-12-20-10-7-13(8-11-20)21-15-6-4-3-5-14(15)18-17(21)23/h3-6,13H,7-12H2,1-2H3,(H,18,23). The lowest BCUT2D eigenvalue weighted by molar-refractivity contribution is -0.129. The van der Waals surface area contributed by atoms with Crippen molar-refractivity contribution >= 4 is 16.9 Å². The van der Waals surface area contributed by atoms with E-state index in [1.165, 1.54) is 0 Å². The minimum atomic E-state index is -0.0209. The van der Waals surface area contributed by atoms with Gasteiger partial charge in [0, 0.05) is 46.2 Å². The molecule has 1 aromatic heterocycles. The number of amides is 1. The zero-order chi connectivity index (χ0) is 16.4. The van der Waals surface area contributed by atoms with Crippen LogP contribution in [0.1, 0.15) is 25.3 Å². The Morgan fingerprint density at radius 2 is 1.96 bits per heavy atom. The van der Waals surface area contributed by atoms with Crippen LogP contribution in [0.5, 0.6) is 0 Å². The first-order chi connectivity index (χ1) is 11.1. The second-order valence-corrected chi connectivity index (χ2v) is 6.43. The molecule has 0 radical (unpaired) electrons. The van der Waals surface area contributed by atoms with Crippen LogP contribution < -0.4 is 5.69 Å². The van der Waals surface area contributed by atoms with Gasteiger partial charge in [-0.15, -0.1) is 0 Å². The van der Waals surface area contributed by atoms with Crippen molar-refractivity contribution in [2.24, 2.45) is 0 Å². The van der Waals surface area contributed by atoms with Crippen LogP contribution in [0.15, 0.2) is 29.1 Å². The Kier molecular flexibility index (Phi) is 4.52. The van der Waals surface area contributed by atoms with Crippen molar-refractivity contribution in [2.75, 3.05) is 33.7 Å². The number of nitrogens with zero attached hydrogens (tertiary/aromatic N) is 3. The van der Waals surface area contributed by atoms with Crippen molar-refractivity contribution in [3.05, 3.63) is 34.7 Å². The molecule has 1 N–H and O–H groups in total. The van der Waals surface area contributed by atoms with Crippen molar-refractivity contribution in [2.45, 2.75) is 25.3 Å². The molecule has 2 heterocycles. The molecule has 0 atom stereocenters. The third kappa shape index (κ3) is 3.32. The van der Waals surface area contributed by atoms with Gasteiger partial charge in [-0.1, -0.05) is 12.1 Å². The molecule has 1 amide bonds. The van der Waals surface area contributed by atoms with Crippen molar-refractivity contribution in [3.8, 4) is 0 Å². The second-order valence-electron chi connectivity index (χ2n) is 6.43. The Bertz CT molecular complexity index is 738. The maximum Gasteiger partial charge on any atom is 0.326 e. The summed E-state index contributed by atoms with van der Waals surface area (Å²) in [5.74, 6) is 0.167. The fourth-order valence-electron chi connectivity index (χ4n) is 3.32. The monoisotopic (exact) mass is 316 g/mol. The average molecular weight is 316 g/mol. The Hall–Kier alpha value is -2.08. The smallest absolute Gasteiger partial charge is 0.326 e. The number of rotatable bonds is 4. The van der Waals surface area contributed by atoms with E-state index in [9.17, 15) is 9.59 Å². The number of aromatic nitrogens is 2. The maximum absolute atomic E-state index is 12.3. The Morgan fingerprint density at radius 3 is 2.65 bits per heavy atom. The van der Waals surface area contributed by atoms with E-state index in [0.29, 0.717) is 6.42 Å². The highest BCUT2D eigenvalue weighted by Gasteiger charge is 2.23. The highest BCUT2D eigenvalue weighted by molar-refractivity contribution is 5.76. The molecule has 2 aromatic rings. The van der Waals surface area contributed by atoms with Crippen LogP contribution in [0, 0.1) is 0 Å². The molecule has 23 heavy (non-hydrogen) atoms. The number of imidazole rings is 1. The molecule has 1 saturated heterocycles. The SMILES string of the molecule is CN(C)C(=O)CCN1CCC(n2c(=O)[nH]c3ccccc32)CC1. The summed E-state index contributed by atoms with van der Waals surface area (Å²) in [6, 6.07) is 8.07. The van der Waals surface area contributed by atoms with Gasteiger partial charge < -0.3 is 14.8 Å². The van der Waals surface area contributed by atoms with E-state index in [2.05, 4.69) is 9.88 Å². The second kappa shape index (κ2) is 6.58. The highest BCUT2D eigenvalue weighted by Crippen LogP contribution is 2.24. The molecular formula is C17H24N4O2. The zero-order valence-electron chi connectivity index (χ0n) is 13.8. The van der Waals surface area contributed by atoms with Gasteiger partial charge in [-0.3, -0.25) is 9.36 Å². The number of nitrogens with one attached hydrogen (secondary N) is 1. The van der Waals surface area contributed by atoms with Crippen molar-refractivity contribution < 1.29 is 4.79 Å². The molecule has 1 aromatic carbocycles. The number of H-pyrrole nitrogens is 1. The van der Waals surface area contributed by atoms with E-state index in [1.807, 2.05) is 28.8 Å². The number of fused-ring (bicyclic) bond motifs is 1. The predicted molar refractivity (Wildman–Crippen MR) is 90.6 cm³/mol. The summed E-state index contributed by atoms with van der Waals surface area (Å²) in [5.41, 5.74) is 1.86. The fourth-order valence-corrected chi connectivity index (χ4v) is 3.32. The van der Waals surface area contributed by atoms with Gasteiger partial charge in [-0.05, 0) is 25.0 Å². The van der Waals surface area contributed by atoms with Crippen LogP contribution >= 0.6 is 0 Å². The van der Waals surface area contributed by atoms with Gasteiger partial charge in [0.1, 0.15) is 0 Å². The van der Waals surface area contributed by atoms with E-state index in [4.69, 9.17) is 0 Å². The largest absolute Gasteiger partial charge is 0.349 e. The molecule has 3 rings (SSSR count). The highest BCUT2D eigenvalue weighted by atomic mass is 16.2.